The van der Waals surface area contributed by atoms with E-state index in [0.717, 1.165) is 0 Å². The maximum atomic E-state index is 12.6. The highest BCUT2D eigenvalue weighted by atomic mass is 32.2. The quantitative estimate of drug-likeness (QED) is 0.388. The van der Waals surface area contributed by atoms with Crippen molar-refractivity contribution in [3.8, 4) is 0 Å². The monoisotopic (exact) mass is 392 g/mol. The standard InChI is InChI=1S/C18H20N2O6S/c1-3-19(4-2)27(24,25)17-10-6-8-15(12-17)18(21)26-13-14-7-5-9-16(11-14)20(22)23/h5-12H,3-4,13H2,1-2H3. The Hall–Kier alpha value is -2.78. The second-order valence-corrected chi connectivity index (χ2v) is 7.56. The van der Waals surface area contributed by atoms with Gasteiger partial charge >= 0.3 is 5.97 Å². The summed E-state index contributed by atoms with van der Waals surface area (Å²) in [6, 6.07) is 11.4. The van der Waals surface area contributed by atoms with Gasteiger partial charge in [0.25, 0.3) is 5.69 Å². The molecule has 2 aromatic carbocycles. The molecule has 0 aromatic heterocycles. The smallest absolute Gasteiger partial charge is 0.338 e. The fraction of sp³-hybridized carbons (Fsp3) is 0.278. The first-order valence-electron chi connectivity index (χ1n) is 8.30. The number of ether oxygens (including phenoxy) is 1. The van der Waals surface area contributed by atoms with E-state index in [2.05, 4.69) is 0 Å². The zero-order valence-corrected chi connectivity index (χ0v) is 15.8. The van der Waals surface area contributed by atoms with Crippen molar-refractivity contribution in [3.05, 3.63) is 69.8 Å². The SMILES string of the molecule is CCN(CC)S(=O)(=O)c1cccc(C(=O)OCc2cccc([N+](=O)[O-])c2)c1. The number of sulfonamides is 1. The minimum Gasteiger partial charge on any atom is -0.457 e. The van der Waals surface area contributed by atoms with Gasteiger partial charge in [-0.05, 0) is 23.8 Å². The third-order valence-electron chi connectivity index (χ3n) is 3.90. The lowest BCUT2D eigenvalue weighted by molar-refractivity contribution is -0.384. The molecule has 0 saturated heterocycles. The molecule has 0 fully saturated rings. The lowest BCUT2D eigenvalue weighted by Gasteiger charge is -2.18. The Balaban J connectivity index is 2.16. The van der Waals surface area contributed by atoms with Gasteiger partial charge in [-0.25, -0.2) is 13.2 Å². The first kappa shape index (κ1) is 20.5. The number of non-ortho nitro benzene ring substituents is 1. The lowest BCUT2D eigenvalue weighted by atomic mass is 10.2. The van der Waals surface area contributed by atoms with Crippen molar-refractivity contribution in [3.63, 3.8) is 0 Å². The van der Waals surface area contributed by atoms with E-state index in [-0.39, 0.29) is 22.8 Å². The molecule has 0 amide bonds. The van der Waals surface area contributed by atoms with Gasteiger partial charge in [0.05, 0.1) is 15.4 Å². The predicted octanol–water partition coefficient (Wildman–Crippen LogP) is 2.98. The average Bonchev–Trinajstić information content (AvgIpc) is 2.67. The molecule has 0 bridgehead atoms. The summed E-state index contributed by atoms with van der Waals surface area (Å²) in [6.45, 7) is 3.95. The van der Waals surface area contributed by atoms with Crippen LogP contribution in [0.25, 0.3) is 0 Å². The second kappa shape index (κ2) is 8.74. The number of benzene rings is 2. The van der Waals surface area contributed by atoms with Crippen LogP contribution in [0.1, 0.15) is 29.8 Å². The van der Waals surface area contributed by atoms with Gasteiger partial charge in [0.1, 0.15) is 6.61 Å². The van der Waals surface area contributed by atoms with Crippen molar-refractivity contribution < 1.29 is 22.9 Å². The summed E-state index contributed by atoms with van der Waals surface area (Å²) < 4.78 is 31.6. The van der Waals surface area contributed by atoms with E-state index >= 15 is 0 Å². The topological polar surface area (TPSA) is 107 Å². The maximum absolute atomic E-state index is 12.6. The highest BCUT2D eigenvalue weighted by Crippen LogP contribution is 2.18. The Morgan fingerprint density at radius 3 is 2.41 bits per heavy atom. The zero-order valence-electron chi connectivity index (χ0n) is 15.0. The van der Waals surface area contributed by atoms with Gasteiger partial charge in [-0.15, -0.1) is 0 Å². The van der Waals surface area contributed by atoms with Crippen LogP contribution in [0.4, 0.5) is 5.69 Å². The number of esters is 1. The van der Waals surface area contributed by atoms with Crippen molar-refractivity contribution in [2.75, 3.05) is 13.1 Å². The maximum Gasteiger partial charge on any atom is 0.338 e. The molecule has 0 aliphatic carbocycles. The number of carbonyl (C=O) groups excluding carboxylic acids is 1. The van der Waals surface area contributed by atoms with Gasteiger partial charge in [-0.2, -0.15) is 4.31 Å². The number of hydrogen-bond acceptors (Lipinski definition) is 6. The molecule has 9 heteroatoms. The summed E-state index contributed by atoms with van der Waals surface area (Å²) in [7, 11) is -3.69. The van der Waals surface area contributed by atoms with Crippen LogP contribution in [-0.4, -0.2) is 36.7 Å². The molecular formula is C18H20N2O6S. The largest absolute Gasteiger partial charge is 0.457 e. The number of nitrogens with zero attached hydrogens (tertiary/aromatic N) is 2. The molecule has 144 valence electrons. The van der Waals surface area contributed by atoms with Crippen LogP contribution in [0.3, 0.4) is 0 Å². The summed E-state index contributed by atoms with van der Waals surface area (Å²) in [5.74, 6) is -0.710. The zero-order chi connectivity index (χ0) is 20.0. The second-order valence-electron chi connectivity index (χ2n) is 5.62. The van der Waals surface area contributed by atoms with Gasteiger partial charge in [0.2, 0.25) is 10.0 Å². The van der Waals surface area contributed by atoms with Gasteiger partial charge in [0, 0.05) is 25.2 Å². The molecule has 2 rings (SSSR count). The molecule has 0 unspecified atom stereocenters. The Morgan fingerprint density at radius 2 is 1.78 bits per heavy atom. The van der Waals surface area contributed by atoms with Crippen molar-refractivity contribution in [2.45, 2.75) is 25.3 Å². The van der Waals surface area contributed by atoms with Crippen LogP contribution >= 0.6 is 0 Å². The fourth-order valence-electron chi connectivity index (χ4n) is 2.49. The summed E-state index contributed by atoms with van der Waals surface area (Å²) in [5.41, 5.74) is 0.453. The van der Waals surface area contributed by atoms with Gasteiger partial charge in [-0.3, -0.25) is 10.1 Å². The van der Waals surface area contributed by atoms with E-state index in [9.17, 15) is 23.3 Å². The Morgan fingerprint density at radius 1 is 1.11 bits per heavy atom. The van der Waals surface area contributed by atoms with E-state index in [4.69, 9.17) is 4.74 Å². The molecule has 27 heavy (non-hydrogen) atoms. The molecule has 0 N–H and O–H groups in total. The molecule has 0 heterocycles. The average molecular weight is 392 g/mol. The number of nitro benzene ring substituents is 1. The first-order chi connectivity index (χ1) is 12.8. The third-order valence-corrected chi connectivity index (χ3v) is 5.95. The highest BCUT2D eigenvalue weighted by molar-refractivity contribution is 7.89. The molecule has 0 spiro atoms. The molecular weight excluding hydrogens is 372 g/mol. The van der Waals surface area contributed by atoms with E-state index < -0.39 is 20.9 Å². The number of rotatable bonds is 8. The van der Waals surface area contributed by atoms with Gasteiger partial charge in [-0.1, -0.05) is 32.0 Å². The molecule has 0 radical (unpaired) electrons. The van der Waals surface area contributed by atoms with Crippen LogP contribution in [0.2, 0.25) is 0 Å². The van der Waals surface area contributed by atoms with Crippen LogP contribution < -0.4 is 0 Å². The number of hydrogen-bond donors (Lipinski definition) is 0. The lowest BCUT2D eigenvalue weighted by Crippen LogP contribution is -2.30. The minimum atomic E-state index is -3.69. The van der Waals surface area contributed by atoms with Crippen molar-refractivity contribution in [2.24, 2.45) is 0 Å². The fourth-order valence-corrected chi connectivity index (χ4v) is 3.99. The number of carbonyl (C=O) groups is 1. The van der Waals surface area contributed by atoms with E-state index in [1.54, 1.807) is 19.9 Å². The van der Waals surface area contributed by atoms with Crippen LogP contribution in [0, 0.1) is 10.1 Å². The van der Waals surface area contributed by atoms with Crippen molar-refractivity contribution in [1.82, 2.24) is 4.31 Å². The summed E-state index contributed by atoms with van der Waals surface area (Å²) >= 11 is 0. The van der Waals surface area contributed by atoms with Crippen molar-refractivity contribution >= 4 is 21.7 Å². The van der Waals surface area contributed by atoms with E-state index in [1.165, 1.54) is 46.8 Å². The first-order valence-corrected chi connectivity index (χ1v) is 9.74. The third kappa shape index (κ3) is 4.89. The number of nitro groups is 1. The Labute approximate surface area is 157 Å². The summed E-state index contributed by atoms with van der Waals surface area (Å²) in [6.07, 6.45) is 0. The Kier molecular flexibility index (Phi) is 6.65. The normalized spacial score (nSPS) is 11.4. The van der Waals surface area contributed by atoms with Gasteiger partial charge < -0.3 is 4.74 Å². The minimum absolute atomic E-state index is 0.0102. The van der Waals surface area contributed by atoms with Crippen LogP contribution in [0.15, 0.2) is 53.4 Å². The molecule has 0 aliphatic heterocycles. The molecule has 8 nitrogen and oxygen atoms in total. The van der Waals surface area contributed by atoms with Gasteiger partial charge in [0.15, 0.2) is 0 Å². The predicted molar refractivity (Wildman–Crippen MR) is 98.8 cm³/mol. The van der Waals surface area contributed by atoms with Crippen molar-refractivity contribution in [1.29, 1.82) is 0 Å². The van der Waals surface area contributed by atoms with Crippen LogP contribution in [-0.2, 0) is 21.4 Å². The van der Waals surface area contributed by atoms with E-state index in [1.807, 2.05) is 0 Å². The molecule has 2 aromatic rings. The Bertz CT molecular complexity index is 938. The molecule has 0 aliphatic rings. The van der Waals surface area contributed by atoms with E-state index in [0.29, 0.717) is 18.7 Å². The summed E-state index contributed by atoms with van der Waals surface area (Å²) in [5, 5.41) is 10.8. The van der Waals surface area contributed by atoms with Crippen LogP contribution in [0.5, 0.6) is 0 Å². The molecule has 0 atom stereocenters. The summed E-state index contributed by atoms with van der Waals surface area (Å²) in [4.78, 5) is 22.5. The highest BCUT2D eigenvalue weighted by Gasteiger charge is 2.22. The molecule has 0 saturated carbocycles.